The van der Waals surface area contributed by atoms with Crippen LogP contribution in [0, 0.1) is 0 Å². The molecule has 0 spiro atoms. The molecule has 0 radical (unpaired) electrons. The fraction of sp³-hybridized carbons (Fsp3) is 1.00. The first-order valence-corrected chi connectivity index (χ1v) is 4.15. The molecule has 1 aliphatic heterocycles. The highest BCUT2D eigenvalue weighted by Gasteiger charge is 2.38. The molecule has 1 rings (SSSR count). The Balaban J connectivity index is 2.84. The number of ether oxygens (including phenoxy) is 2. The van der Waals surface area contributed by atoms with Crippen molar-refractivity contribution in [3.8, 4) is 0 Å². The molecule has 15 heavy (non-hydrogen) atoms. The zero-order valence-corrected chi connectivity index (χ0v) is 7.96. The highest BCUT2D eigenvalue weighted by atomic mass is 16.7. The van der Waals surface area contributed by atoms with E-state index in [-0.39, 0.29) is 6.61 Å². The van der Waals surface area contributed by atoms with Gasteiger partial charge in [-0.3, -0.25) is 0 Å². The van der Waals surface area contributed by atoms with Crippen LogP contribution in [0.3, 0.4) is 0 Å². The molecule has 0 aromatic rings. The fourth-order valence-electron chi connectivity index (χ4n) is 1.34. The number of aliphatic hydroxyl groups is 1. The molecule has 0 amide bonds. The molecule has 0 unspecified atom stereocenters. The summed E-state index contributed by atoms with van der Waals surface area (Å²) >= 11 is 0. The summed E-state index contributed by atoms with van der Waals surface area (Å²) in [5, 5.41) is 16.4. The summed E-state index contributed by atoms with van der Waals surface area (Å²) < 4.78 is 9.99. The molecule has 82 valence electrons. The second kappa shape index (κ2) is 5.40. The molecule has 1 fully saturated rings. The number of nitrogens with zero attached hydrogens (tertiary/aromatic N) is 6. The molecular weight excluding hydrogens is 204 g/mol. The van der Waals surface area contributed by atoms with Crippen LogP contribution in [0.4, 0.5) is 0 Å². The molecule has 1 heterocycles. The van der Waals surface area contributed by atoms with Crippen LogP contribution < -0.4 is 0 Å². The van der Waals surface area contributed by atoms with Crippen LogP contribution in [0.1, 0.15) is 0 Å². The van der Waals surface area contributed by atoms with E-state index in [1.807, 2.05) is 0 Å². The fourth-order valence-corrected chi connectivity index (χ4v) is 1.34. The normalized spacial score (nSPS) is 35.1. The minimum Gasteiger partial charge on any atom is -0.392 e. The maximum absolute atomic E-state index is 9.70. The van der Waals surface area contributed by atoms with Crippen molar-refractivity contribution in [3.05, 3.63) is 20.9 Å². The molecular formula is C6H10N6O3. The number of azide groups is 2. The average molecular weight is 214 g/mol. The maximum atomic E-state index is 9.70. The standard InChI is InChI=1S/C6H10N6O3/c1-14-6-4(10-12-8)5(13)3(2-15-6)9-11-7/h3-6,13H,2H2,1H3/t3-,4+,5+,6-/m0/s1. The summed E-state index contributed by atoms with van der Waals surface area (Å²) in [5.41, 5.74) is 16.5. The SMILES string of the molecule is CO[C@H]1OC[C@H](N=[N+]=[N-])[C@@H](O)[C@H]1N=[N+]=[N-]. The van der Waals surface area contributed by atoms with Gasteiger partial charge >= 0.3 is 0 Å². The molecule has 0 saturated carbocycles. The highest BCUT2D eigenvalue weighted by molar-refractivity contribution is 4.92. The van der Waals surface area contributed by atoms with Gasteiger partial charge in [0.25, 0.3) is 0 Å². The smallest absolute Gasteiger partial charge is 0.168 e. The minimum absolute atomic E-state index is 0.0290. The zero-order valence-electron chi connectivity index (χ0n) is 7.96. The summed E-state index contributed by atoms with van der Waals surface area (Å²) in [4.78, 5) is 5.14. The van der Waals surface area contributed by atoms with Gasteiger partial charge in [0, 0.05) is 16.9 Å². The molecule has 0 aromatic heterocycles. The number of hydrogen-bond acceptors (Lipinski definition) is 5. The molecule has 0 aromatic carbocycles. The molecule has 1 N–H and O–H groups in total. The molecule has 0 bridgehead atoms. The maximum Gasteiger partial charge on any atom is 0.168 e. The van der Waals surface area contributed by atoms with Crippen LogP contribution in [0.2, 0.25) is 0 Å². The lowest BCUT2D eigenvalue weighted by molar-refractivity contribution is -0.188. The molecule has 9 nitrogen and oxygen atoms in total. The van der Waals surface area contributed by atoms with Gasteiger partial charge in [0.1, 0.15) is 6.04 Å². The Morgan fingerprint density at radius 2 is 2.07 bits per heavy atom. The van der Waals surface area contributed by atoms with E-state index in [4.69, 9.17) is 20.5 Å². The molecule has 1 aliphatic rings. The van der Waals surface area contributed by atoms with Gasteiger partial charge in [-0.05, 0) is 11.1 Å². The third-order valence-corrected chi connectivity index (χ3v) is 2.07. The van der Waals surface area contributed by atoms with Gasteiger partial charge < -0.3 is 14.6 Å². The van der Waals surface area contributed by atoms with Crippen molar-refractivity contribution in [1.29, 1.82) is 0 Å². The monoisotopic (exact) mass is 214 g/mol. The zero-order chi connectivity index (χ0) is 11.3. The van der Waals surface area contributed by atoms with Gasteiger partial charge in [0.15, 0.2) is 6.29 Å². The molecule has 1 saturated heterocycles. The largest absolute Gasteiger partial charge is 0.392 e. The van der Waals surface area contributed by atoms with Crippen molar-refractivity contribution in [2.75, 3.05) is 13.7 Å². The van der Waals surface area contributed by atoms with E-state index < -0.39 is 24.5 Å². The lowest BCUT2D eigenvalue weighted by atomic mass is 10.0. The third kappa shape index (κ3) is 2.50. The van der Waals surface area contributed by atoms with Crippen LogP contribution in [0.15, 0.2) is 10.2 Å². The van der Waals surface area contributed by atoms with Crippen LogP contribution in [0.5, 0.6) is 0 Å². The summed E-state index contributed by atoms with van der Waals surface area (Å²) in [5.74, 6) is 0. The summed E-state index contributed by atoms with van der Waals surface area (Å²) in [6, 6.07) is -1.68. The number of methoxy groups -OCH3 is 1. The van der Waals surface area contributed by atoms with E-state index in [1.54, 1.807) is 0 Å². The first-order valence-electron chi connectivity index (χ1n) is 4.15. The van der Waals surface area contributed by atoms with Crippen molar-refractivity contribution >= 4 is 0 Å². The van der Waals surface area contributed by atoms with Gasteiger partial charge in [0.2, 0.25) is 0 Å². The Morgan fingerprint density at radius 3 is 2.60 bits per heavy atom. The average Bonchev–Trinajstić information content (AvgIpc) is 2.25. The van der Waals surface area contributed by atoms with Crippen molar-refractivity contribution in [2.45, 2.75) is 24.5 Å². The van der Waals surface area contributed by atoms with E-state index in [1.165, 1.54) is 7.11 Å². The molecule has 9 heteroatoms. The predicted octanol–water partition coefficient (Wildman–Crippen LogP) is 0.708. The van der Waals surface area contributed by atoms with Gasteiger partial charge in [-0.15, -0.1) is 0 Å². The first-order chi connectivity index (χ1) is 7.24. The second-order valence-electron chi connectivity index (χ2n) is 2.90. The predicted molar refractivity (Wildman–Crippen MR) is 48.6 cm³/mol. The van der Waals surface area contributed by atoms with Crippen LogP contribution >= 0.6 is 0 Å². The third-order valence-electron chi connectivity index (χ3n) is 2.07. The van der Waals surface area contributed by atoms with Gasteiger partial charge in [-0.25, -0.2) is 0 Å². The lowest BCUT2D eigenvalue weighted by Crippen LogP contribution is -2.51. The molecule has 0 aliphatic carbocycles. The summed E-state index contributed by atoms with van der Waals surface area (Å²) in [7, 11) is 1.37. The first kappa shape index (κ1) is 11.6. The van der Waals surface area contributed by atoms with E-state index in [0.717, 1.165) is 0 Å². The van der Waals surface area contributed by atoms with Crippen molar-refractivity contribution in [1.82, 2.24) is 0 Å². The topological polar surface area (TPSA) is 136 Å². The highest BCUT2D eigenvalue weighted by Crippen LogP contribution is 2.21. The van der Waals surface area contributed by atoms with Gasteiger partial charge in [-0.2, -0.15) is 0 Å². The number of hydrogen-bond donors (Lipinski definition) is 1. The Kier molecular flexibility index (Phi) is 4.17. The summed E-state index contributed by atoms with van der Waals surface area (Å²) in [6.07, 6.45) is -1.92. The minimum atomic E-state index is -1.10. The van der Waals surface area contributed by atoms with Crippen molar-refractivity contribution < 1.29 is 14.6 Å². The van der Waals surface area contributed by atoms with E-state index >= 15 is 0 Å². The second-order valence-corrected chi connectivity index (χ2v) is 2.90. The Bertz CT molecular complexity index is 310. The van der Waals surface area contributed by atoms with E-state index in [0.29, 0.717) is 0 Å². The van der Waals surface area contributed by atoms with E-state index in [2.05, 4.69) is 20.1 Å². The van der Waals surface area contributed by atoms with Crippen LogP contribution in [0.25, 0.3) is 20.9 Å². The Labute approximate surface area is 84.8 Å². The number of aliphatic hydroxyl groups excluding tert-OH is 1. The van der Waals surface area contributed by atoms with E-state index in [9.17, 15) is 5.11 Å². The Hall–Kier alpha value is -1.50. The Morgan fingerprint density at radius 1 is 1.40 bits per heavy atom. The molecule has 4 atom stereocenters. The summed E-state index contributed by atoms with van der Waals surface area (Å²) in [6.45, 7) is 0.0290. The quantitative estimate of drug-likeness (QED) is 0.420. The number of rotatable bonds is 3. The van der Waals surface area contributed by atoms with Gasteiger partial charge in [0.05, 0.1) is 18.8 Å². The van der Waals surface area contributed by atoms with Crippen LogP contribution in [-0.4, -0.2) is 43.3 Å². The lowest BCUT2D eigenvalue weighted by Gasteiger charge is -2.35. The van der Waals surface area contributed by atoms with Crippen molar-refractivity contribution in [2.24, 2.45) is 10.2 Å². The van der Waals surface area contributed by atoms with Gasteiger partial charge in [-0.1, -0.05) is 10.2 Å². The van der Waals surface area contributed by atoms with Crippen molar-refractivity contribution in [3.63, 3.8) is 0 Å². The van der Waals surface area contributed by atoms with Crippen LogP contribution in [-0.2, 0) is 9.47 Å².